The highest BCUT2D eigenvalue weighted by Gasteiger charge is 2.20. The topological polar surface area (TPSA) is 41.1 Å². The van der Waals surface area contributed by atoms with Gasteiger partial charge in [0.1, 0.15) is 0 Å². The first-order valence-corrected chi connectivity index (χ1v) is 7.98. The van der Waals surface area contributed by atoms with Gasteiger partial charge in [-0.05, 0) is 37.5 Å². The number of hydrogen-bond acceptors (Lipinski definition) is 5. The molecule has 5 heteroatoms. The minimum atomic E-state index is 0.750. The number of thiazole rings is 1. The number of rotatable bonds is 7. The molecule has 0 bridgehead atoms. The van der Waals surface area contributed by atoms with Gasteiger partial charge in [0.15, 0.2) is 5.13 Å². The normalized spacial score (nSPS) is 14.4. The Labute approximate surface area is 123 Å². The smallest absolute Gasteiger partial charge is 0.185 e. The number of hydrogen-bond donors (Lipinski definition) is 1. The molecule has 0 spiro atoms. The molecule has 4 nitrogen and oxygen atoms in total. The van der Waals surface area contributed by atoms with Crippen LogP contribution in [0, 0.1) is 0 Å². The lowest BCUT2D eigenvalue weighted by Crippen LogP contribution is -2.21. The lowest BCUT2D eigenvalue weighted by Gasteiger charge is -2.19. The quantitative estimate of drug-likeness (QED) is 0.850. The van der Waals surface area contributed by atoms with Crippen LogP contribution in [0.2, 0.25) is 0 Å². The van der Waals surface area contributed by atoms with Crippen molar-refractivity contribution in [3.63, 3.8) is 0 Å². The molecule has 1 fully saturated rings. The highest BCUT2D eigenvalue weighted by molar-refractivity contribution is 7.15. The molecule has 0 amide bonds. The molecule has 0 saturated heterocycles. The van der Waals surface area contributed by atoms with Crippen molar-refractivity contribution in [2.45, 2.75) is 38.9 Å². The Kier molecular flexibility index (Phi) is 4.28. The van der Waals surface area contributed by atoms with E-state index in [4.69, 9.17) is 0 Å². The van der Waals surface area contributed by atoms with Crippen molar-refractivity contribution in [1.82, 2.24) is 15.3 Å². The van der Waals surface area contributed by atoms with Gasteiger partial charge in [0.2, 0.25) is 0 Å². The van der Waals surface area contributed by atoms with Gasteiger partial charge in [-0.3, -0.25) is 4.98 Å². The number of nitrogens with one attached hydrogen (secondary N) is 1. The molecular formula is C15H20N4S. The number of pyridine rings is 1. The summed E-state index contributed by atoms with van der Waals surface area (Å²) in [5, 5.41) is 4.64. The second kappa shape index (κ2) is 6.33. The van der Waals surface area contributed by atoms with E-state index < -0.39 is 0 Å². The van der Waals surface area contributed by atoms with E-state index in [0.29, 0.717) is 0 Å². The van der Waals surface area contributed by atoms with E-state index in [0.717, 1.165) is 30.8 Å². The lowest BCUT2D eigenvalue weighted by molar-refractivity contribution is 0.694. The molecule has 3 rings (SSSR count). The molecule has 1 aliphatic carbocycles. The van der Waals surface area contributed by atoms with Gasteiger partial charge in [-0.15, -0.1) is 11.3 Å². The largest absolute Gasteiger partial charge is 0.344 e. The SMILES string of the molecule is CCN(Cc1ccncc1)c1ncc(CNC2CC2)s1. The maximum atomic E-state index is 4.57. The van der Waals surface area contributed by atoms with Gasteiger partial charge >= 0.3 is 0 Å². The van der Waals surface area contributed by atoms with Gasteiger partial charge in [-0.2, -0.15) is 0 Å². The first-order valence-electron chi connectivity index (χ1n) is 7.17. The second-order valence-corrected chi connectivity index (χ2v) is 6.23. The molecule has 20 heavy (non-hydrogen) atoms. The molecule has 1 saturated carbocycles. The molecule has 1 N–H and O–H groups in total. The van der Waals surface area contributed by atoms with Crippen molar-refractivity contribution in [3.05, 3.63) is 41.2 Å². The molecule has 2 heterocycles. The highest BCUT2D eigenvalue weighted by atomic mass is 32.1. The highest BCUT2D eigenvalue weighted by Crippen LogP contribution is 2.25. The number of aromatic nitrogens is 2. The fourth-order valence-corrected chi connectivity index (χ4v) is 3.00. The van der Waals surface area contributed by atoms with Crippen LogP contribution in [0.25, 0.3) is 0 Å². The average Bonchev–Trinajstić information content (AvgIpc) is 3.21. The third kappa shape index (κ3) is 3.55. The molecule has 106 valence electrons. The number of anilines is 1. The fraction of sp³-hybridized carbons (Fsp3) is 0.467. The minimum Gasteiger partial charge on any atom is -0.344 e. The van der Waals surface area contributed by atoms with Crippen molar-refractivity contribution < 1.29 is 0 Å². The van der Waals surface area contributed by atoms with E-state index in [1.807, 2.05) is 18.6 Å². The molecule has 2 aromatic rings. The summed E-state index contributed by atoms with van der Waals surface area (Å²) in [6.45, 7) is 4.98. The Hall–Kier alpha value is -1.46. The Morgan fingerprint density at radius 1 is 1.35 bits per heavy atom. The summed E-state index contributed by atoms with van der Waals surface area (Å²) in [7, 11) is 0. The van der Waals surface area contributed by atoms with Crippen molar-refractivity contribution in [1.29, 1.82) is 0 Å². The third-order valence-electron chi connectivity index (χ3n) is 3.46. The average molecular weight is 288 g/mol. The van der Waals surface area contributed by atoms with Crippen molar-refractivity contribution in [3.8, 4) is 0 Å². The van der Waals surface area contributed by atoms with E-state index in [1.54, 1.807) is 11.3 Å². The standard InChI is InChI=1S/C15H20N4S/c1-2-19(11-12-5-7-16-8-6-12)15-18-10-14(20-15)9-17-13-3-4-13/h5-8,10,13,17H,2-4,9,11H2,1H3. The van der Waals surface area contributed by atoms with Crippen molar-refractivity contribution in [2.24, 2.45) is 0 Å². The van der Waals surface area contributed by atoms with Gasteiger partial charge in [0, 0.05) is 49.1 Å². The molecule has 0 aromatic carbocycles. The molecule has 0 aliphatic heterocycles. The van der Waals surface area contributed by atoms with Crippen LogP contribution in [-0.2, 0) is 13.1 Å². The van der Waals surface area contributed by atoms with Gasteiger partial charge in [0.25, 0.3) is 0 Å². The maximum Gasteiger partial charge on any atom is 0.185 e. The summed E-state index contributed by atoms with van der Waals surface area (Å²) < 4.78 is 0. The van der Waals surface area contributed by atoms with Gasteiger partial charge in [-0.25, -0.2) is 4.98 Å². The van der Waals surface area contributed by atoms with E-state index in [1.165, 1.54) is 23.3 Å². The van der Waals surface area contributed by atoms with Crippen LogP contribution in [0.4, 0.5) is 5.13 Å². The zero-order valence-electron chi connectivity index (χ0n) is 11.7. The van der Waals surface area contributed by atoms with Crippen LogP contribution < -0.4 is 10.2 Å². The Morgan fingerprint density at radius 3 is 2.85 bits per heavy atom. The Morgan fingerprint density at radius 2 is 2.15 bits per heavy atom. The first kappa shape index (κ1) is 13.5. The molecule has 0 unspecified atom stereocenters. The lowest BCUT2D eigenvalue weighted by atomic mass is 10.2. The van der Waals surface area contributed by atoms with Gasteiger partial charge in [-0.1, -0.05) is 0 Å². The van der Waals surface area contributed by atoms with Crippen LogP contribution >= 0.6 is 11.3 Å². The summed E-state index contributed by atoms with van der Waals surface area (Å²) >= 11 is 1.79. The molecule has 0 atom stereocenters. The van der Waals surface area contributed by atoms with Crippen molar-refractivity contribution in [2.75, 3.05) is 11.4 Å². The van der Waals surface area contributed by atoms with Crippen LogP contribution in [-0.4, -0.2) is 22.6 Å². The second-order valence-electron chi connectivity index (χ2n) is 5.13. The van der Waals surface area contributed by atoms with Crippen LogP contribution in [0.15, 0.2) is 30.7 Å². The summed E-state index contributed by atoms with van der Waals surface area (Å²) in [6, 6.07) is 4.87. The van der Waals surface area contributed by atoms with E-state index in [-0.39, 0.29) is 0 Å². The first-order chi connectivity index (χ1) is 9.85. The zero-order valence-corrected chi connectivity index (χ0v) is 12.6. The van der Waals surface area contributed by atoms with E-state index in [9.17, 15) is 0 Å². The van der Waals surface area contributed by atoms with E-state index >= 15 is 0 Å². The third-order valence-corrected chi connectivity index (χ3v) is 4.52. The Bertz CT molecular complexity index is 536. The summed E-state index contributed by atoms with van der Waals surface area (Å²) in [5.74, 6) is 0. The zero-order chi connectivity index (χ0) is 13.8. The monoisotopic (exact) mass is 288 g/mol. The van der Waals surface area contributed by atoms with Gasteiger partial charge in [0.05, 0.1) is 0 Å². The maximum absolute atomic E-state index is 4.57. The molecule has 0 radical (unpaired) electrons. The minimum absolute atomic E-state index is 0.750. The predicted octanol–water partition coefficient (Wildman–Crippen LogP) is 2.82. The summed E-state index contributed by atoms with van der Waals surface area (Å²) in [5.41, 5.74) is 1.27. The van der Waals surface area contributed by atoms with Crippen LogP contribution in [0.3, 0.4) is 0 Å². The summed E-state index contributed by atoms with van der Waals surface area (Å²) in [4.78, 5) is 12.3. The van der Waals surface area contributed by atoms with Crippen molar-refractivity contribution >= 4 is 16.5 Å². The van der Waals surface area contributed by atoms with Gasteiger partial charge < -0.3 is 10.2 Å². The molecular weight excluding hydrogens is 268 g/mol. The predicted molar refractivity (Wildman–Crippen MR) is 82.9 cm³/mol. The molecule has 1 aliphatic rings. The number of nitrogens with zero attached hydrogens (tertiary/aromatic N) is 3. The fourth-order valence-electron chi connectivity index (χ4n) is 2.08. The summed E-state index contributed by atoms with van der Waals surface area (Å²) in [6.07, 6.45) is 8.35. The molecule has 2 aromatic heterocycles. The van der Waals surface area contributed by atoms with Crippen LogP contribution in [0.5, 0.6) is 0 Å². The Balaban J connectivity index is 1.62. The van der Waals surface area contributed by atoms with Crippen LogP contribution in [0.1, 0.15) is 30.2 Å². The van der Waals surface area contributed by atoms with E-state index in [2.05, 4.69) is 39.2 Å².